The highest BCUT2D eigenvalue weighted by molar-refractivity contribution is 5.90. The van der Waals surface area contributed by atoms with Gasteiger partial charge in [-0.05, 0) is 73.4 Å². The van der Waals surface area contributed by atoms with Crippen molar-refractivity contribution in [2.24, 2.45) is 5.92 Å². The zero-order valence-electron chi connectivity index (χ0n) is 22.0. The van der Waals surface area contributed by atoms with Gasteiger partial charge in [0.05, 0.1) is 5.52 Å². The third kappa shape index (κ3) is 6.85. The van der Waals surface area contributed by atoms with Crippen LogP contribution in [0.3, 0.4) is 0 Å². The highest BCUT2D eigenvalue weighted by Crippen LogP contribution is 2.28. The predicted octanol–water partition coefficient (Wildman–Crippen LogP) is 5.63. The van der Waals surface area contributed by atoms with Crippen LogP contribution in [0.5, 0.6) is 5.75 Å². The molecule has 1 heterocycles. The Morgan fingerprint density at radius 2 is 1.66 bits per heavy atom. The van der Waals surface area contributed by atoms with Crippen molar-refractivity contribution in [1.82, 2.24) is 15.3 Å². The van der Waals surface area contributed by atoms with Crippen LogP contribution < -0.4 is 20.3 Å². The van der Waals surface area contributed by atoms with E-state index in [4.69, 9.17) is 14.7 Å². The monoisotopic (exact) mass is 475 g/mol. The van der Waals surface area contributed by atoms with Gasteiger partial charge >= 0.3 is 0 Å². The maximum absolute atomic E-state index is 5.91. The van der Waals surface area contributed by atoms with Gasteiger partial charge < -0.3 is 20.3 Å². The normalized spacial score (nSPS) is 18.4. The molecular weight excluding hydrogens is 434 g/mol. The molecule has 6 nitrogen and oxygen atoms in total. The van der Waals surface area contributed by atoms with Gasteiger partial charge in [-0.25, -0.2) is 4.98 Å². The first kappa shape index (κ1) is 25.2. The van der Waals surface area contributed by atoms with Gasteiger partial charge in [-0.1, -0.05) is 45.0 Å². The van der Waals surface area contributed by atoms with E-state index in [9.17, 15) is 0 Å². The standard InChI is InChI=1S/C29H41N5O/c1-29(2,3)22-12-16-24(17-13-22)35-19-18-30-20-21-10-14-23(15-11-21)31-28-32-26-9-7-6-8-25(26)27(33-28)34(4)5/h6-9,12-13,16-17,21,23,30H,10-11,14-15,18-20H2,1-5H3,(H,31,32,33). The molecule has 0 aliphatic heterocycles. The molecule has 0 radical (unpaired) electrons. The molecule has 0 atom stereocenters. The van der Waals surface area contributed by atoms with Crippen LogP contribution in [-0.2, 0) is 5.41 Å². The average molecular weight is 476 g/mol. The molecule has 0 bridgehead atoms. The Kier molecular flexibility index (Phi) is 8.11. The zero-order valence-corrected chi connectivity index (χ0v) is 22.0. The lowest BCUT2D eigenvalue weighted by atomic mass is 9.86. The molecule has 0 saturated heterocycles. The summed E-state index contributed by atoms with van der Waals surface area (Å²) in [4.78, 5) is 11.6. The number of aromatic nitrogens is 2. The third-order valence-electron chi connectivity index (χ3n) is 6.89. The van der Waals surface area contributed by atoms with E-state index in [1.807, 2.05) is 26.2 Å². The minimum absolute atomic E-state index is 0.173. The van der Waals surface area contributed by atoms with E-state index in [-0.39, 0.29) is 5.41 Å². The summed E-state index contributed by atoms with van der Waals surface area (Å²) in [5.41, 5.74) is 2.49. The fourth-order valence-electron chi connectivity index (χ4n) is 4.76. The zero-order chi connectivity index (χ0) is 24.8. The minimum atomic E-state index is 0.173. The predicted molar refractivity (Wildman–Crippen MR) is 147 cm³/mol. The average Bonchev–Trinajstić information content (AvgIpc) is 2.84. The number of nitrogens with one attached hydrogen (secondary N) is 2. The van der Waals surface area contributed by atoms with Crippen molar-refractivity contribution in [3.63, 3.8) is 0 Å². The molecule has 1 aliphatic rings. The number of hydrogen-bond acceptors (Lipinski definition) is 6. The smallest absolute Gasteiger partial charge is 0.225 e. The van der Waals surface area contributed by atoms with Crippen LogP contribution in [0.25, 0.3) is 10.9 Å². The Bertz CT molecular complexity index is 1080. The largest absolute Gasteiger partial charge is 0.492 e. The minimum Gasteiger partial charge on any atom is -0.492 e. The molecule has 0 amide bonds. The van der Waals surface area contributed by atoms with Crippen LogP contribution in [0.4, 0.5) is 11.8 Å². The van der Waals surface area contributed by atoms with Gasteiger partial charge in [-0.15, -0.1) is 0 Å². The van der Waals surface area contributed by atoms with Gasteiger partial charge in [0.1, 0.15) is 18.2 Å². The summed E-state index contributed by atoms with van der Waals surface area (Å²) in [6.45, 7) is 9.31. The summed E-state index contributed by atoms with van der Waals surface area (Å²) in [6, 6.07) is 17.1. The molecule has 1 fully saturated rings. The lowest BCUT2D eigenvalue weighted by molar-refractivity contribution is 0.289. The SMILES string of the molecule is CN(C)c1nc(NC2CCC(CNCCOc3ccc(C(C)(C)C)cc3)CC2)nc2ccccc12. The molecule has 188 valence electrons. The van der Waals surface area contributed by atoms with Crippen LogP contribution in [0.15, 0.2) is 48.5 Å². The maximum Gasteiger partial charge on any atom is 0.225 e. The second-order valence-electron chi connectivity index (χ2n) is 11.0. The molecular formula is C29H41N5O. The molecule has 4 rings (SSSR count). The van der Waals surface area contributed by atoms with Crippen molar-refractivity contribution in [3.8, 4) is 5.75 Å². The van der Waals surface area contributed by atoms with Crippen molar-refractivity contribution >= 4 is 22.7 Å². The van der Waals surface area contributed by atoms with Gasteiger partial charge in [0.15, 0.2) is 0 Å². The molecule has 1 saturated carbocycles. The first-order valence-corrected chi connectivity index (χ1v) is 12.9. The number of anilines is 2. The third-order valence-corrected chi connectivity index (χ3v) is 6.89. The van der Waals surface area contributed by atoms with E-state index < -0.39 is 0 Å². The highest BCUT2D eigenvalue weighted by Gasteiger charge is 2.22. The fourth-order valence-corrected chi connectivity index (χ4v) is 4.76. The van der Waals surface area contributed by atoms with Crippen molar-refractivity contribution in [2.45, 2.75) is 57.9 Å². The first-order valence-electron chi connectivity index (χ1n) is 12.9. The van der Waals surface area contributed by atoms with Crippen LogP contribution in [-0.4, -0.2) is 49.8 Å². The first-order chi connectivity index (χ1) is 16.8. The molecule has 6 heteroatoms. The van der Waals surface area contributed by atoms with Crippen LogP contribution in [0.2, 0.25) is 0 Å². The van der Waals surface area contributed by atoms with Crippen LogP contribution in [0, 0.1) is 5.92 Å². The number of rotatable bonds is 9. The summed E-state index contributed by atoms with van der Waals surface area (Å²) >= 11 is 0. The molecule has 0 spiro atoms. The lowest BCUT2D eigenvalue weighted by Gasteiger charge is -2.29. The summed E-state index contributed by atoms with van der Waals surface area (Å²) in [5, 5.41) is 8.28. The Morgan fingerprint density at radius 1 is 0.943 bits per heavy atom. The fraction of sp³-hybridized carbons (Fsp3) is 0.517. The Hall–Kier alpha value is -2.86. The van der Waals surface area contributed by atoms with Crippen LogP contribution >= 0.6 is 0 Å². The number of ether oxygens (including phenoxy) is 1. The van der Waals surface area contributed by atoms with Gasteiger partial charge in [-0.3, -0.25) is 0 Å². The summed E-state index contributed by atoms with van der Waals surface area (Å²) in [6.07, 6.45) is 4.73. The second-order valence-corrected chi connectivity index (χ2v) is 11.0. The van der Waals surface area contributed by atoms with Crippen molar-refractivity contribution < 1.29 is 4.74 Å². The van der Waals surface area contributed by atoms with E-state index in [2.05, 4.69) is 72.7 Å². The highest BCUT2D eigenvalue weighted by atomic mass is 16.5. The molecule has 0 unspecified atom stereocenters. The number of para-hydroxylation sites is 1. The van der Waals surface area contributed by atoms with Crippen molar-refractivity contribution in [2.75, 3.05) is 44.0 Å². The Labute approximate surface area is 210 Å². The molecule has 3 aromatic rings. The van der Waals surface area contributed by atoms with Gasteiger partial charge in [0.25, 0.3) is 0 Å². The number of fused-ring (bicyclic) bond motifs is 1. The van der Waals surface area contributed by atoms with Gasteiger partial charge in [-0.2, -0.15) is 4.98 Å². The number of benzene rings is 2. The Balaban J connectivity index is 1.17. The molecule has 1 aromatic heterocycles. The Morgan fingerprint density at radius 3 is 2.34 bits per heavy atom. The number of hydrogen-bond donors (Lipinski definition) is 2. The van der Waals surface area contributed by atoms with E-state index >= 15 is 0 Å². The molecule has 2 N–H and O–H groups in total. The van der Waals surface area contributed by atoms with Gasteiger partial charge in [0, 0.05) is 32.1 Å². The quantitative estimate of drug-likeness (QED) is 0.391. The van der Waals surface area contributed by atoms with Gasteiger partial charge in [0.2, 0.25) is 5.95 Å². The topological polar surface area (TPSA) is 62.3 Å². The summed E-state index contributed by atoms with van der Waals surface area (Å²) in [5.74, 6) is 3.36. The van der Waals surface area contributed by atoms with E-state index in [1.54, 1.807) is 0 Å². The second kappa shape index (κ2) is 11.3. The van der Waals surface area contributed by atoms with E-state index in [0.29, 0.717) is 18.6 Å². The maximum atomic E-state index is 5.91. The van der Waals surface area contributed by atoms with E-state index in [1.165, 1.54) is 18.4 Å². The molecule has 35 heavy (non-hydrogen) atoms. The molecule has 1 aliphatic carbocycles. The van der Waals surface area contributed by atoms with E-state index in [0.717, 1.165) is 54.3 Å². The van der Waals surface area contributed by atoms with Crippen molar-refractivity contribution in [3.05, 3.63) is 54.1 Å². The molecule has 2 aromatic carbocycles. The van der Waals surface area contributed by atoms with Crippen molar-refractivity contribution in [1.29, 1.82) is 0 Å². The van der Waals surface area contributed by atoms with Crippen LogP contribution in [0.1, 0.15) is 52.0 Å². The number of nitrogens with zero attached hydrogens (tertiary/aromatic N) is 3. The summed E-state index contributed by atoms with van der Waals surface area (Å²) in [7, 11) is 4.06. The summed E-state index contributed by atoms with van der Waals surface area (Å²) < 4.78 is 5.91. The lowest BCUT2D eigenvalue weighted by Crippen LogP contribution is -2.33.